The van der Waals surface area contributed by atoms with Crippen molar-refractivity contribution in [2.24, 2.45) is 11.1 Å². The minimum absolute atomic E-state index is 0.257. The van der Waals surface area contributed by atoms with Crippen LogP contribution in [-0.4, -0.2) is 22.1 Å². The van der Waals surface area contributed by atoms with Gasteiger partial charge in [-0.15, -0.1) is 0 Å². The number of para-hydroxylation sites is 1. The molecule has 1 heterocycles. The molecule has 5 heteroatoms. The third-order valence-corrected chi connectivity index (χ3v) is 5.80. The van der Waals surface area contributed by atoms with Crippen molar-refractivity contribution in [3.8, 4) is 22.8 Å². The number of unbranched alkanes of at least 4 members (excludes halogenated alkanes) is 1. The van der Waals surface area contributed by atoms with E-state index in [2.05, 4.69) is 34.9 Å². The van der Waals surface area contributed by atoms with Crippen molar-refractivity contribution in [3.05, 3.63) is 78.9 Å². The van der Waals surface area contributed by atoms with Crippen molar-refractivity contribution in [2.45, 2.75) is 33.1 Å². The average molecular weight is 428 g/mol. The molecule has 0 spiro atoms. The molecule has 32 heavy (non-hydrogen) atoms. The Balaban J connectivity index is 1.58. The first-order chi connectivity index (χ1) is 15.5. The van der Waals surface area contributed by atoms with Crippen molar-refractivity contribution in [2.75, 3.05) is 6.61 Å². The lowest BCUT2D eigenvalue weighted by molar-refractivity contribution is -0.126. The molecule has 0 saturated carbocycles. The minimum atomic E-state index is -0.477. The molecule has 0 aliphatic carbocycles. The van der Waals surface area contributed by atoms with E-state index in [-0.39, 0.29) is 5.91 Å². The molecule has 0 bridgehead atoms. The number of rotatable bonds is 9. The van der Waals surface area contributed by atoms with Crippen molar-refractivity contribution in [1.82, 2.24) is 9.55 Å². The van der Waals surface area contributed by atoms with Crippen LogP contribution < -0.4 is 10.5 Å². The fraction of sp³-hybridized carbons (Fsp3) is 0.259. The SMILES string of the molecule is CC(C)(CCCCOc1ccc2nc(-c3ccccc3)n(-c3ccccc3)c2c1)C(N)=O. The normalized spacial score (nSPS) is 11.6. The van der Waals surface area contributed by atoms with E-state index in [0.29, 0.717) is 6.61 Å². The van der Waals surface area contributed by atoms with Gasteiger partial charge >= 0.3 is 0 Å². The fourth-order valence-electron chi connectivity index (χ4n) is 3.75. The van der Waals surface area contributed by atoms with Crippen molar-refractivity contribution in [3.63, 3.8) is 0 Å². The largest absolute Gasteiger partial charge is 0.494 e. The predicted octanol–water partition coefficient (Wildman–Crippen LogP) is 5.75. The van der Waals surface area contributed by atoms with Gasteiger partial charge < -0.3 is 10.5 Å². The van der Waals surface area contributed by atoms with Gasteiger partial charge in [0.2, 0.25) is 5.91 Å². The van der Waals surface area contributed by atoms with E-state index in [1.165, 1.54) is 0 Å². The molecule has 2 N–H and O–H groups in total. The Kier molecular flexibility index (Phi) is 6.26. The third-order valence-electron chi connectivity index (χ3n) is 5.80. The summed E-state index contributed by atoms with van der Waals surface area (Å²) in [5.41, 5.74) is 9.02. The molecule has 0 saturated heterocycles. The lowest BCUT2D eigenvalue weighted by Crippen LogP contribution is -2.31. The Hall–Kier alpha value is -3.60. The smallest absolute Gasteiger partial charge is 0.223 e. The van der Waals surface area contributed by atoms with Crippen LogP contribution in [0.25, 0.3) is 28.1 Å². The molecule has 3 aromatic carbocycles. The second-order valence-corrected chi connectivity index (χ2v) is 8.68. The fourth-order valence-corrected chi connectivity index (χ4v) is 3.75. The zero-order valence-corrected chi connectivity index (χ0v) is 18.6. The molecule has 0 aliphatic rings. The number of fused-ring (bicyclic) bond motifs is 1. The zero-order chi connectivity index (χ0) is 22.6. The molecule has 164 valence electrons. The second-order valence-electron chi connectivity index (χ2n) is 8.68. The van der Waals surface area contributed by atoms with Crippen LogP contribution in [0.2, 0.25) is 0 Å². The number of ether oxygens (including phenoxy) is 1. The number of nitrogens with zero attached hydrogens (tertiary/aromatic N) is 2. The second kappa shape index (κ2) is 9.27. The Bertz CT molecular complexity index is 1200. The van der Waals surface area contributed by atoms with Crippen molar-refractivity contribution >= 4 is 16.9 Å². The highest BCUT2D eigenvalue weighted by molar-refractivity contribution is 5.84. The Labute approximate surface area is 188 Å². The van der Waals surface area contributed by atoms with Gasteiger partial charge in [0.15, 0.2) is 0 Å². The quantitative estimate of drug-likeness (QED) is 0.346. The molecule has 0 fully saturated rings. The van der Waals surface area contributed by atoms with Crippen molar-refractivity contribution < 1.29 is 9.53 Å². The van der Waals surface area contributed by atoms with Gasteiger partial charge in [0.05, 0.1) is 17.6 Å². The Morgan fingerprint density at radius 2 is 1.66 bits per heavy atom. The first-order valence-corrected chi connectivity index (χ1v) is 11.0. The van der Waals surface area contributed by atoms with Gasteiger partial charge in [-0.3, -0.25) is 9.36 Å². The van der Waals surface area contributed by atoms with Crippen LogP contribution in [0.5, 0.6) is 5.75 Å². The zero-order valence-electron chi connectivity index (χ0n) is 18.6. The average Bonchev–Trinajstić information content (AvgIpc) is 3.18. The third kappa shape index (κ3) is 4.67. The van der Waals surface area contributed by atoms with E-state index in [1.54, 1.807) is 0 Å². The first-order valence-electron chi connectivity index (χ1n) is 11.0. The maximum absolute atomic E-state index is 11.5. The Morgan fingerprint density at radius 3 is 2.34 bits per heavy atom. The van der Waals surface area contributed by atoms with E-state index in [1.807, 2.05) is 62.4 Å². The molecule has 1 aromatic heterocycles. The van der Waals surface area contributed by atoms with Gasteiger partial charge in [-0.2, -0.15) is 0 Å². The molecule has 0 unspecified atom stereocenters. The summed E-state index contributed by atoms with van der Waals surface area (Å²) in [4.78, 5) is 16.4. The lowest BCUT2D eigenvalue weighted by atomic mass is 9.86. The number of carbonyl (C=O) groups is 1. The van der Waals surface area contributed by atoms with Gasteiger partial charge in [0.25, 0.3) is 0 Å². The van der Waals surface area contributed by atoms with E-state index < -0.39 is 5.41 Å². The van der Waals surface area contributed by atoms with E-state index in [4.69, 9.17) is 15.5 Å². The number of carbonyl (C=O) groups excluding carboxylic acids is 1. The number of benzene rings is 3. The number of hydrogen-bond acceptors (Lipinski definition) is 3. The molecule has 0 aliphatic heterocycles. The van der Waals surface area contributed by atoms with Crippen LogP contribution in [-0.2, 0) is 4.79 Å². The van der Waals surface area contributed by atoms with Gasteiger partial charge in [-0.25, -0.2) is 4.98 Å². The summed E-state index contributed by atoms with van der Waals surface area (Å²) in [6, 6.07) is 26.5. The molecule has 5 nitrogen and oxygen atoms in total. The van der Waals surface area contributed by atoms with Gasteiger partial charge in [0, 0.05) is 22.7 Å². The lowest BCUT2D eigenvalue weighted by Gasteiger charge is -2.19. The number of primary amides is 1. The summed E-state index contributed by atoms with van der Waals surface area (Å²) < 4.78 is 8.21. The number of amides is 1. The number of nitrogens with two attached hydrogens (primary N) is 1. The van der Waals surface area contributed by atoms with Gasteiger partial charge in [-0.05, 0) is 43.5 Å². The molecule has 4 rings (SSSR count). The van der Waals surface area contributed by atoms with Crippen LogP contribution in [0.15, 0.2) is 78.9 Å². The summed E-state index contributed by atoms with van der Waals surface area (Å²) in [5.74, 6) is 1.45. The number of hydrogen-bond donors (Lipinski definition) is 1. The predicted molar refractivity (Wildman–Crippen MR) is 129 cm³/mol. The molecule has 1 amide bonds. The molecular weight excluding hydrogens is 398 g/mol. The van der Waals surface area contributed by atoms with Crippen LogP contribution in [0, 0.1) is 5.41 Å². The summed E-state index contributed by atoms with van der Waals surface area (Å²) >= 11 is 0. The number of aromatic nitrogens is 2. The minimum Gasteiger partial charge on any atom is -0.494 e. The summed E-state index contributed by atoms with van der Waals surface area (Å²) in [5, 5.41) is 0. The molecule has 0 radical (unpaired) electrons. The number of imidazole rings is 1. The topological polar surface area (TPSA) is 70.1 Å². The highest BCUT2D eigenvalue weighted by Gasteiger charge is 2.23. The standard InChI is InChI=1S/C27H29N3O2/c1-27(2,26(28)31)17-9-10-18-32-22-15-16-23-24(19-22)30(21-13-7-4-8-14-21)25(29-23)20-11-5-3-6-12-20/h3-8,11-16,19H,9-10,17-18H2,1-2H3,(H2,28,31). The highest BCUT2D eigenvalue weighted by atomic mass is 16.5. The summed E-state index contributed by atoms with van der Waals surface area (Å²) in [7, 11) is 0. The van der Waals surface area contributed by atoms with Gasteiger partial charge in [-0.1, -0.05) is 62.4 Å². The molecule has 4 aromatic rings. The molecular formula is C27H29N3O2. The maximum Gasteiger partial charge on any atom is 0.223 e. The summed E-state index contributed by atoms with van der Waals surface area (Å²) in [6.07, 6.45) is 2.51. The Morgan fingerprint density at radius 1 is 0.969 bits per heavy atom. The van der Waals surface area contributed by atoms with Crippen LogP contribution in [0.4, 0.5) is 0 Å². The van der Waals surface area contributed by atoms with Crippen LogP contribution >= 0.6 is 0 Å². The van der Waals surface area contributed by atoms with Crippen LogP contribution in [0.3, 0.4) is 0 Å². The van der Waals surface area contributed by atoms with Gasteiger partial charge in [0.1, 0.15) is 11.6 Å². The maximum atomic E-state index is 11.5. The summed E-state index contributed by atoms with van der Waals surface area (Å²) in [6.45, 7) is 4.36. The highest BCUT2D eigenvalue weighted by Crippen LogP contribution is 2.31. The first kappa shape index (κ1) is 21.6. The van der Waals surface area contributed by atoms with Crippen molar-refractivity contribution in [1.29, 1.82) is 0 Å². The molecule has 0 atom stereocenters. The van der Waals surface area contributed by atoms with Crippen LogP contribution in [0.1, 0.15) is 33.1 Å². The van der Waals surface area contributed by atoms with E-state index in [0.717, 1.165) is 53.1 Å². The van der Waals surface area contributed by atoms with E-state index in [9.17, 15) is 4.79 Å². The monoisotopic (exact) mass is 427 g/mol. The van der Waals surface area contributed by atoms with E-state index >= 15 is 0 Å².